The fourth-order valence-corrected chi connectivity index (χ4v) is 8.34. The van der Waals surface area contributed by atoms with Gasteiger partial charge in [-0.05, 0) is 63.1 Å². The predicted molar refractivity (Wildman–Crippen MR) is 193 cm³/mol. The van der Waals surface area contributed by atoms with Crippen LogP contribution in [0.4, 0.5) is 5.13 Å². The van der Waals surface area contributed by atoms with E-state index in [0.717, 1.165) is 47.2 Å². The van der Waals surface area contributed by atoms with Crippen molar-refractivity contribution < 1.29 is 19.8 Å². The maximum absolute atomic E-state index is 13.9. The number of aliphatic hydroxyl groups excluding tert-OH is 2. The van der Waals surface area contributed by atoms with Gasteiger partial charge < -0.3 is 25.7 Å². The monoisotopic (exact) mass is 688 g/mol. The first-order chi connectivity index (χ1) is 23.5. The highest BCUT2D eigenvalue weighted by Gasteiger charge is 2.37. The summed E-state index contributed by atoms with van der Waals surface area (Å²) in [5.74, 6) is -0.769. The van der Waals surface area contributed by atoms with Gasteiger partial charge in [0.1, 0.15) is 6.04 Å². The molecule has 3 aliphatic rings. The van der Waals surface area contributed by atoms with Crippen molar-refractivity contribution in [1.29, 1.82) is 0 Å². The van der Waals surface area contributed by atoms with E-state index in [-0.39, 0.29) is 24.8 Å². The lowest BCUT2D eigenvalue weighted by Gasteiger charge is -2.42. The molecular formula is C38H52N6O4S. The molecule has 1 aliphatic carbocycles. The van der Waals surface area contributed by atoms with Crippen molar-refractivity contribution in [2.45, 2.75) is 89.3 Å². The van der Waals surface area contributed by atoms with Crippen LogP contribution < -0.4 is 15.5 Å². The van der Waals surface area contributed by atoms with E-state index in [9.17, 15) is 19.8 Å². The second kappa shape index (κ2) is 15.7. The Hall–Kier alpha value is -3.35. The molecule has 6 rings (SSSR count). The maximum atomic E-state index is 13.9. The van der Waals surface area contributed by atoms with Crippen molar-refractivity contribution in [3.8, 4) is 0 Å². The van der Waals surface area contributed by atoms with Crippen LogP contribution in [0.3, 0.4) is 0 Å². The number of aromatic nitrogens is 1. The largest absolute Gasteiger partial charge is 0.392 e. The molecule has 5 atom stereocenters. The van der Waals surface area contributed by atoms with Gasteiger partial charge in [0.25, 0.3) is 0 Å². The molecule has 10 nitrogen and oxygen atoms in total. The molecule has 49 heavy (non-hydrogen) atoms. The Bertz CT molecular complexity index is 1550. The molecule has 264 valence electrons. The third-order valence-corrected chi connectivity index (χ3v) is 10.8. The molecule has 0 bridgehead atoms. The van der Waals surface area contributed by atoms with Crippen LogP contribution in [0, 0.1) is 5.92 Å². The van der Waals surface area contributed by atoms with Crippen LogP contribution in [0.1, 0.15) is 68.5 Å². The van der Waals surface area contributed by atoms with Gasteiger partial charge in [-0.3, -0.25) is 19.4 Å². The summed E-state index contributed by atoms with van der Waals surface area (Å²) >= 11 is 1.69. The van der Waals surface area contributed by atoms with E-state index in [0.29, 0.717) is 32.5 Å². The van der Waals surface area contributed by atoms with Crippen LogP contribution in [-0.2, 0) is 29.0 Å². The molecule has 2 aromatic carbocycles. The van der Waals surface area contributed by atoms with E-state index < -0.39 is 35.7 Å². The maximum Gasteiger partial charge on any atom is 0.239 e. The van der Waals surface area contributed by atoms with Crippen LogP contribution in [-0.4, -0.2) is 99.9 Å². The molecule has 11 heteroatoms. The number of fused-ring (bicyclic) bond motifs is 1. The average molecular weight is 689 g/mol. The van der Waals surface area contributed by atoms with Gasteiger partial charge in [0.05, 0.1) is 23.9 Å². The second-order valence-electron chi connectivity index (χ2n) is 15.0. The number of carbonyl (C=O) groups excluding carboxylic acids is 2. The quantitative estimate of drug-likeness (QED) is 0.228. The first kappa shape index (κ1) is 35.5. The Morgan fingerprint density at radius 3 is 2.51 bits per heavy atom. The molecule has 0 spiro atoms. The SMILES string of the molecule is CC(C)(C)NC(=O)[C@@H]1CN(Cc2csc(N3CCCC3)n2)CCN1C[C@@H](O)C[C@@H](Cc1ccccc1)C(=O)N[C@H]1c2ccccc2C[C@H]1O. The third-order valence-electron chi connectivity index (χ3n) is 9.88. The average Bonchev–Trinajstić information content (AvgIpc) is 3.82. The summed E-state index contributed by atoms with van der Waals surface area (Å²) in [5, 5.41) is 31.9. The Balaban J connectivity index is 1.13. The number of aliphatic hydroxyl groups is 2. The number of nitrogens with one attached hydrogen (secondary N) is 2. The number of benzene rings is 2. The van der Waals surface area contributed by atoms with Gasteiger partial charge in [-0.25, -0.2) is 4.98 Å². The second-order valence-corrected chi connectivity index (χ2v) is 15.9. The van der Waals surface area contributed by atoms with Crippen molar-refractivity contribution in [3.05, 3.63) is 82.4 Å². The van der Waals surface area contributed by atoms with E-state index in [1.165, 1.54) is 12.8 Å². The lowest BCUT2D eigenvalue weighted by molar-refractivity contribution is -0.132. The number of hydrogen-bond donors (Lipinski definition) is 4. The Kier molecular flexibility index (Phi) is 11.4. The van der Waals surface area contributed by atoms with Gasteiger partial charge in [0.2, 0.25) is 11.8 Å². The highest BCUT2D eigenvalue weighted by molar-refractivity contribution is 7.13. The fourth-order valence-electron chi connectivity index (χ4n) is 7.47. The van der Waals surface area contributed by atoms with E-state index in [1.807, 2.05) is 75.4 Å². The zero-order valence-corrected chi connectivity index (χ0v) is 29.9. The van der Waals surface area contributed by atoms with Crippen molar-refractivity contribution in [2.75, 3.05) is 44.2 Å². The van der Waals surface area contributed by atoms with Gasteiger partial charge in [-0.2, -0.15) is 0 Å². The molecule has 0 saturated carbocycles. The molecule has 2 saturated heterocycles. The highest BCUT2D eigenvalue weighted by atomic mass is 32.1. The minimum absolute atomic E-state index is 0.0621. The number of thiazole rings is 1. The number of anilines is 1. The number of carbonyl (C=O) groups is 2. The zero-order chi connectivity index (χ0) is 34.5. The third kappa shape index (κ3) is 9.26. The van der Waals surface area contributed by atoms with Crippen LogP contribution in [0.15, 0.2) is 60.0 Å². The smallest absolute Gasteiger partial charge is 0.239 e. The van der Waals surface area contributed by atoms with Gasteiger partial charge in [-0.1, -0.05) is 54.6 Å². The molecule has 3 aromatic rings. The lowest BCUT2D eigenvalue weighted by atomic mass is 9.91. The van der Waals surface area contributed by atoms with E-state index in [4.69, 9.17) is 4.98 Å². The van der Waals surface area contributed by atoms with Crippen molar-refractivity contribution in [2.24, 2.45) is 5.92 Å². The molecular weight excluding hydrogens is 637 g/mol. The Labute approximate surface area is 294 Å². The molecule has 2 fully saturated rings. The lowest BCUT2D eigenvalue weighted by Crippen LogP contribution is -2.62. The van der Waals surface area contributed by atoms with Crippen LogP contribution in [0.5, 0.6) is 0 Å². The van der Waals surface area contributed by atoms with Gasteiger partial charge >= 0.3 is 0 Å². The van der Waals surface area contributed by atoms with E-state index >= 15 is 0 Å². The van der Waals surface area contributed by atoms with Gasteiger partial charge in [0.15, 0.2) is 5.13 Å². The van der Waals surface area contributed by atoms with Crippen molar-refractivity contribution in [3.63, 3.8) is 0 Å². The topological polar surface area (TPSA) is 121 Å². The molecule has 0 unspecified atom stereocenters. The molecule has 3 heterocycles. The number of amides is 2. The number of piperazine rings is 1. The summed E-state index contributed by atoms with van der Waals surface area (Å²) in [5.41, 5.74) is 3.62. The molecule has 4 N–H and O–H groups in total. The van der Waals surface area contributed by atoms with Crippen molar-refractivity contribution >= 4 is 28.3 Å². The van der Waals surface area contributed by atoms with Gasteiger partial charge in [0, 0.05) is 69.1 Å². The van der Waals surface area contributed by atoms with Crippen LogP contribution in [0.25, 0.3) is 0 Å². The minimum atomic E-state index is -0.835. The number of nitrogens with zero attached hydrogens (tertiary/aromatic N) is 4. The fraction of sp³-hybridized carbons (Fsp3) is 0.553. The minimum Gasteiger partial charge on any atom is -0.392 e. The molecule has 1 aromatic heterocycles. The molecule has 0 radical (unpaired) electrons. The Morgan fingerprint density at radius 2 is 1.76 bits per heavy atom. The number of hydrogen-bond acceptors (Lipinski definition) is 9. The summed E-state index contributed by atoms with van der Waals surface area (Å²) in [7, 11) is 0. The highest BCUT2D eigenvalue weighted by Crippen LogP contribution is 2.32. The van der Waals surface area contributed by atoms with E-state index in [1.54, 1.807) is 11.3 Å². The van der Waals surface area contributed by atoms with Crippen molar-refractivity contribution in [1.82, 2.24) is 25.4 Å². The standard InChI is InChI=1S/C38H52N6O4S/c1-38(2,3)41-36(48)32-24-42(22-29-25-49-37(39-29)43-15-9-10-16-43)17-18-44(32)23-30(45)20-28(19-26-11-5-4-6-12-26)35(47)40-34-31-14-8-7-13-27(31)21-33(34)46/h4-8,11-14,25,28,30,32-34,45-46H,9-10,15-24H2,1-3H3,(H,40,47)(H,41,48)/t28-,30+,32+,33-,34+/m1/s1. The normalized spacial score (nSPS) is 22.9. The molecule has 2 amide bonds. The first-order valence-corrected chi connectivity index (χ1v) is 18.7. The summed E-state index contributed by atoms with van der Waals surface area (Å²) in [4.78, 5) is 39.2. The zero-order valence-electron chi connectivity index (χ0n) is 29.1. The first-order valence-electron chi connectivity index (χ1n) is 17.8. The van der Waals surface area contributed by atoms with Crippen LogP contribution >= 0.6 is 11.3 Å². The summed E-state index contributed by atoms with van der Waals surface area (Å²) < 4.78 is 0. The number of β-amino-alcohol motifs (C(OH)–C–C–N with tert-alkyl or cyclic N) is 1. The summed E-state index contributed by atoms with van der Waals surface area (Å²) in [6.07, 6.45) is 2.09. The Morgan fingerprint density at radius 1 is 1.02 bits per heavy atom. The predicted octanol–water partition coefficient (Wildman–Crippen LogP) is 3.53. The van der Waals surface area contributed by atoms with Crippen LogP contribution in [0.2, 0.25) is 0 Å². The number of rotatable bonds is 12. The summed E-state index contributed by atoms with van der Waals surface area (Å²) in [6.45, 7) is 10.9. The summed E-state index contributed by atoms with van der Waals surface area (Å²) in [6, 6.07) is 16.7. The van der Waals surface area contributed by atoms with Gasteiger partial charge in [-0.15, -0.1) is 11.3 Å². The van der Waals surface area contributed by atoms with E-state index in [2.05, 4.69) is 30.7 Å². The molecule has 2 aliphatic heterocycles.